The van der Waals surface area contributed by atoms with Crippen molar-refractivity contribution in [2.24, 2.45) is 7.05 Å². The van der Waals surface area contributed by atoms with Crippen molar-refractivity contribution in [1.82, 2.24) is 14.7 Å². The van der Waals surface area contributed by atoms with Crippen molar-refractivity contribution in [3.8, 4) is 0 Å². The summed E-state index contributed by atoms with van der Waals surface area (Å²) in [5, 5.41) is 14.6. The molecule has 1 saturated carbocycles. The van der Waals surface area contributed by atoms with Crippen molar-refractivity contribution in [2.45, 2.75) is 32.2 Å². The Hall–Kier alpha value is -1.40. The zero-order valence-electron chi connectivity index (χ0n) is 11.8. The van der Waals surface area contributed by atoms with Gasteiger partial charge in [-0.3, -0.25) is 9.48 Å². The predicted octanol–water partition coefficient (Wildman–Crippen LogP) is 1.93. The van der Waals surface area contributed by atoms with Gasteiger partial charge in [-0.15, -0.1) is 11.3 Å². The van der Waals surface area contributed by atoms with Crippen LogP contribution in [0.1, 0.15) is 34.6 Å². The lowest BCUT2D eigenvalue weighted by Gasteiger charge is -2.37. The van der Waals surface area contributed by atoms with Crippen LogP contribution in [0.25, 0.3) is 10.2 Å². The highest BCUT2D eigenvalue weighted by Crippen LogP contribution is 2.31. The molecule has 1 N–H and O–H groups in total. The molecule has 0 spiro atoms. The van der Waals surface area contributed by atoms with Crippen molar-refractivity contribution < 1.29 is 9.90 Å². The minimum atomic E-state index is 0.0215. The van der Waals surface area contributed by atoms with Crippen LogP contribution in [0.2, 0.25) is 0 Å². The van der Waals surface area contributed by atoms with E-state index < -0.39 is 0 Å². The number of aliphatic hydroxyl groups is 1. The van der Waals surface area contributed by atoms with E-state index in [1.165, 1.54) is 17.8 Å². The quantitative estimate of drug-likeness (QED) is 0.937. The van der Waals surface area contributed by atoms with E-state index in [0.29, 0.717) is 12.6 Å². The third kappa shape index (κ3) is 2.13. The molecule has 108 valence electrons. The van der Waals surface area contributed by atoms with Gasteiger partial charge in [0.25, 0.3) is 5.91 Å². The Labute approximate surface area is 121 Å². The summed E-state index contributed by atoms with van der Waals surface area (Å²) in [6.45, 7) is 2.41. The lowest BCUT2D eigenvalue weighted by Crippen LogP contribution is -2.45. The van der Waals surface area contributed by atoms with Crippen molar-refractivity contribution >= 4 is 27.5 Å². The number of carbonyl (C=O) groups is 1. The maximum absolute atomic E-state index is 12.7. The van der Waals surface area contributed by atoms with E-state index in [9.17, 15) is 9.90 Å². The second-order valence-corrected chi connectivity index (χ2v) is 6.38. The lowest BCUT2D eigenvalue weighted by molar-refractivity contribution is 0.0531. The molecule has 2 aromatic rings. The summed E-state index contributed by atoms with van der Waals surface area (Å²) in [7, 11) is 1.90. The van der Waals surface area contributed by atoms with E-state index in [4.69, 9.17) is 0 Å². The molecule has 0 aliphatic heterocycles. The molecule has 1 aliphatic rings. The molecule has 1 amide bonds. The van der Waals surface area contributed by atoms with Crippen LogP contribution in [0, 0.1) is 6.92 Å². The summed E-state index contributed by atoms with van der Waals surface area (Å²) in [6.07, 6.45) is 3.28. The summed E-state index contributed by atoms with van der Waals surface area (Å²) in [4.78, 5) is 16.3. The zero-order valence-corrected chi connectivity index (χ0v) is 12.6. The van der Waals surface area contributed by atoms with E-state index in [2.05, 4.69) is 5.10 Å². The molecule has 2 aromatic heterocycles. The summed E-state index contributed by atoms with van der Waals surface area (Å²) in [5.41, 5.74) is 0.954. The number of carbonyl (C=O) groups excluding carboxylic acids is 1. The summed E-state index contributed by atoms with van der Waals surface area (Å²) >= 11 is 1.49. The van der Waals surface area contributed by atoms with Gasteiger partial charge < -0.3 is 10.0 Å². The highest BCUT2D eigenvalue weighted by Gasteiger charge is 2.30. The average Bonchev–Trinajstić information content (AvgIpc) is 2.89. The minimum absolute atomic E-state index is 0.0215. The van der Waals surface area contributed by atoms with E-state index in [0.717, 1.165) is 33.6 Å². The van der Waals surface area contributed by atoms with Gasteiger partial charge in [0.2, 0.25) is 0 Å². The number of thiophene rings is 1. The first-order valence-electron chi connectivity index (χ1n) is 6.96. The molecule has 5 nitrogen and oxygen atoms in total. The molecule has 2 heterocycles. The molecule has 0 atom stereocenters. The number of amides is 1. The number of aliphatic hydroxyl groups excluding tert-OH is 1. The number of rotatable bonds is 4. The fourth-order valence-corrected chi connectivity index (χ4v) is 3.79. The first-order valence-corrected chi connectivity index (χ1v) is 7.78. The van der Waals surface area contributed by atoms with Gasteiger partial charge in [-0.2, -0.15) is 5.10 Å². The maximum atomic E-state index is 12.7. The fourth-order valence-electron chi connectivity index (χ4n) is 2.71. The third-order valence-corrected chi connectivity index (χ3v) is 5.21. The Bertz CT molecular complexity index is 608. The van der Waals surface area contributed by atoms with Crippen molar-refractivity contribution in [3.63, 3.8) is 0 Å². The topological polar surface area (TPSA) is 58.4 Å². The molecule has 0 aromatic carbocycles. The Morgan fingerprint density at radius 3 is 2.90 bits per heavy atom. The molecular weight excluding hydrogens is 274 g/mol. The Morgan fingerprint density at radius 2 is 2.35 bits per heavy atom. The van der Waals surface area contributed by atoms with Crippen LogP contribution in [0.15, 0.2) is 6.07 Å². The molecule has 1 fully saturated rings. The average molecular weight is 293 g/mol. The summed E-state index contributed by atoms with van der Waals surface area (Å²) < 4.78 is 1.83. The van der Waals surface area contributed by atoms with E-state index >= 15 is 0 Å². The first-order chi connectivity index (χ1) is 9.61. The van der Waals surface area contributed by atoms with Gasteiger partial charge in [0.15, 0.2) is 0 Å². The molecule has 0 radical (unpaired) electrons. The van der Waals surface area contributed by atoms with Gasteiger partial charge in [0.1, 0.15) is 4.83 Å². The smallest absolute Gasteiger partial charge is 0.264 e. The van der Waals surface area contributed by atoms with Gasteiger partial charge >= 0.3 is 0 Å². The molecular formula is C14H19N3O2S. The second-order valence-electron chi connectivity index (χ2n) is 5.35. The largest absolute Gasteiger partial charge is 0.395 e. The van der Waals surface area contributed by atoms with Crippen molar-refractivity contribution in [3.05, 3.63) is 16.6 Å². The number of hydrogen-bond donors (Lipinski definition) is 1. The number of aromatic nitrogens is 2. The molecule has 1 aliphatic carbocycles. The first kappa shape index (κ1) is 13.6. The summed E-state index contributed by atoms with van der Waals surface area (Å²) in [6, 6.07) is 2.24. The van der Waals surface area contributed by atoms with Crippen molar-refractivity contribution in [1.29, 1.82) is 0 Å². The van der Waals surface area contributed by atoms with Crippen LogP contribution in [-0.2, 0) is 7.05 Å². The van der Waals surface area contributed by atoms with Crippen LogP contribution < -0.4 is 0 Å². The van der Waals surface area contributed by atoms with Gasteiger partial charge in [0.05, 0.1) is 17.2 Å². The summed E-state index contributed by atoms with van der Waals surface area (Å²) in [5.74, 6) is 0.0457. The molecule has 0 saturated heterocycles. The monoisotopic (exact) mass is 293 g/mol. The van der Waals surface area contributed by atoms with E-state index in [1.54, 1.807) is 0 Å². The van der Waals surface area contributed by atoms with Gasteiger partial charge in [-0.1, -0.05) is 0 Å². The van der Waals surface area contributed by atoms with Crippen LogP contribution in [0.3, 0.4) is 0 Å². The van der Waals surface area contributed by atoms with Crippen LogP contribution >= 0.6 is 11.3 Å². The van der Waals surface area contributed by atoms with Gasteiger partial charge in [-0.25, -0.2) is 0 Å². The van der Waals surface area contributed by atoms with Crippen LogP contribution in [0.5, 0.6) is 0 Å². The number of nitrogens with zero attached hydrogens (tertiary/aromatic N) is 3. The SMILES string of the molecule is Cc1nn(C)c2sc(C(=O)N(CCO)C3CCC3)cc12. The zero-order chi connectivity index (χ0) is 14.3. The number of hydrogen-bond acceptors (Lipinski definition) is 4. The molecule has 0 unspecified atom stereocenters. The second kappa shape index (κ2) is 5.18. The Morgan fingerprint density at radius 1 is 1.60 bits per heavy atom. The predicted molar refractivity (Wildman–Crippen MR) is 79.1 cm³/mol. The Kier molecular flexibility index (Phi) is 3.52. The molecule has 3 rings (SSSR count). The lowest BCUT2D eigenvalue weighted by atomic mass is 9.91. The van der Waals surface area contributed by atoms with E-state index in [1.807, 2.05) is 29.6 Å². The maximum Gasteiger partial charge on any atom is 0.264 e. The van der Waals surface area contributed by atoms with Crippen molar-refractivity contribution in [2.75, 3.05) is 13.2 Å². The molecule has 20 heavy (non-hydrogen) atoms. The minimum Gasteiger partial charge on any atom is -0.395 e. The van der Waals surface area contributed by atoms with E-state index in [-0.39, 0.29) is 12.5 Å². The van der Waals surface area contributed by atoms with Gasteiger partial charge in [0, 0.05) is 25.0 Å². The fraction of sp³-hybridized carbons (Fsp3) is 0.571. The molecule has 6 heteroatoms. The Balaban J connectivity index is 1.91. The number of aryl methyl sites for hydroxylation is 2. The van der Waals surface area contributed by atoms with Gasteiger partial charge in [-0.05, 0) is 32.3 Å². The van der Waals surface area contributed by atoms with Crippen LogP contribution in [-0.4, -0.2) is 44.9 Å². The standard InChI is InChI=1S/C14H19N3O2S/c1-9-11-8-12(20-14(11)16(2)15-9)13(19)17(6-7-18)10-4-3-5-10/h8,10,18H,3-7H2,1-2H3. The normalized spacial score (nSPS) is 15.6. The highest BCUT2D eigenvalue weighted by molar-refractivity contribution is 7.20. The molecule has 0 bridgehead atoms. The van der Waals surface area contributed by atoms with Crippen LogP contribution in [0.4, 0.5) is 0 Å². The highest BCUT2D eigenvalue weighted by atomic mass is 32.1. The number of fused-ring (bicyclic) bond motifs is 1. The third-order valence-electron chi connectivity index (χ3n) is 4.02.